The van der Waals surface area contributed by atoms with Crippen molar-refractivity contribution in [1.82, 2.24) is 5.43 Å². The maximum absolute atomic E-state index is 12.7. The zero-order valence-corrected chi connectivity index (χ0v) is 11.4. The highest BCUT2D eigenvalue weighted by molar-refractivity contribution is 5.26. The summed E-state index contributed by atoms with van der Waals surface area (Å²) in [5.41, 5.74) is 2.84. The first-order valence-electron chi connectivity index (χ1n) is 7.11. The Hall–Kier alpha value is -1.07. The molecule has 1 fully saturated rings. The van der Waals surface area contributed by atoms with E-state index in [-0.39, 0.29) is 6.04 Å². The van der Waals surface area contributed by atoms with E-state index in [9.17, 15) is 13.2 Å². The van der Waals surface area contributed by atoms with E-state index < -0.39 is 11.7 Å². The summed E-state index contributed by atoms with van der Waals surface area (Å²) < 4.78 is 38.0. The highest BCUT2D eigenvalue weighted by Crippen LogP contribution is 2.31. The van der Waals surface area contributed by atoms with Gasteiger partial charge in [0.05, 0.1) is 5.56 Å². The topological polar surface area (TPSA) is 38.0 Å². The Balaban J connectivity index is 1.99. The molecule has 1 aliphatic rings. The van der Waals surface area contributed by atoms with Gasteiger partial charge in [-0.2, -0.15) is 13.2 Å². The van der Waals surface area contributed by atoms with E-state index >= 15 is 0 Å². The molecule has 2 rings (SSSR count). The van der Waals surface area contributed by atoms with Crippen LogP contribution in [0.5, 0.6) is 0 Å². The minimum atomic E-state index is -4.28. The number of rotatable bonds is 5. The first kappa shape index (κ1) is 15.3. The van der Waals surface area contributed by atoms with Gasteiger partial charge < -0.3 is 0 Å². The molecule has 112 valence electrons. The molecule has 1 aromatic carbocycles. The molecule has 5 heteroatoms. The van der Waals surface area contributed by atoms with Crippen molar-refractivity contribution in [2.75, 3.05) is 0 Å². The van der Waals surface area contributed by atoms with Crippen LogP contribution < -0.4 is 11.3 Å². The Morgan fingerprint density at radius 3 is 2.55 bits per heavy atom. The molecule has 0 heterocycles. The van der Waals surface area contributed by atoms with E-state index in [1.54, 1.807) is 6.07 Å². The molecular weight excluding hydrogens is 265 g/mol. The molecule has 1 aromatic rings. The van der Waals surface area contributed by atoms with Crippen molar-refractivity contribution < 1.29 is 13.2 Å². The van der Waals surface area contributed by atoms with Crippen LogP contribution in [0, 0.1) is 5.92 Å². The highest BCUT2D eigenvalue weighted by Gasteiger charge is 2.30. The standard InChI is InChI=1S/C15H21F3N2/c16-15(17,18)13-7-3-6-12(8-13)10-14(20-19)9-11-4-1-2-5-11/h3,6-8,11,14,20H,1-2,4-5,9-10,19H2. The van der Waals surface area contributed by atoms with E-state index in [0.29, 0.717) is 17.9 Å². The Morgan fingerprint density at radius 2 is 1.95 bits per heavy atom. The molecule has 0 amide bonds. The van der Waals surface area contributed by atoms with Crippen molar-refractivity contribution in [2.24, 2.45) is 11.8 Å². The predicted molar refractivity (Wildman–Crippen MR) is 72.8 cm³/mol. The quantitative estimate of drug-likeness (QED) is 0.640. The summed E-state index contributed by atoms with van der Waals surface area (Å²) in [4.78, 5) is 0. The summed E-state index contributed by atoms with van der Waals surface area (Å²) in [5.74, 6) is 6.20. The average molecular weight is 286 g/mol. The maximum Gasteiger partial charge on any atom is 0.416 e. The Labute approximate surface area is 117 Å². The van der Waals surface area contributed by atoms with Crippen LogP contribution >= 0.6 is 0 Å². The van der Waals surface area contributed by atoms with Crippen LogP contribution in [-0.4, -0.2) is 6.04 Å². The predicted octanol–water partition coefficient (Wildman–Crippen LogP) is 3.66. The number of benzene rings is 1. The smallest absolute Gasteiger partial charge is 0.271 e. The van der Waals surface area contributed by atoms with Gasteiger partial charge in [-0.15, -0.1) is 0 Å². The minimum absolute atomic E-state index is 0.0431. The average Bonchev–Trinajstić information content (AvgIpc) is 2.90. The second-order valence-corrected chi connectivity index (χ2v) is 5.65. The van der Waals surface area contributed by atoms with Crippen molar-refractivity contribution in [1.29, 1.82) is 0 Å². The van der Waals surface area contributed by atoms with Gasteiger partial charge in [-0.25, -0.2) is 0 Å². The lowest BCUT2D eigenvalue weighted by atomic mass is 9.94. The van der Waals surface area contributed by atoms with Crippen molar-refractivity contribution in [3.05, 3.63) is 35.4 Å². The van der Waals surface area contributed by atoms with Gasteiger partial charge in [-0.05, 0) is 30.4 Å². The van der Waals surface area contributed by atoms with Crippen molar-refractivity contribution in [3.8, 4) is 0 Å². The van der Waals surface area contributed by atoms with Crippen LogP contribution in [-0.2, 0) is 12.6 Å². The molecule has 1 unspecified atom stereocenters. The lowest BCUT2D eigenvalue weighted by Gasteiger charge is -2.20. The summed E-state index contributed by atoms with van der Waals surface area (Å²) in [6.45, 7) is 0. The van der Waals surface area contributed by atoms with Gasteiger partial charge in [0.2, 0.25) is 0 Å². The molecule has 0 aromatic heterocycles. The number of halogens is 3. The van der Waals surface area contributed by atoms with Gasteiger partial charge in [-0.3, -0.25) is 11.3 Å². The molecule has 0 radical (unpaired) electrons. The first-order valence-corrected chi connectivity index (χ1v) is 7.11. The van der Waals surface area contributed by atoms with Crippen LogP contribution in [0.4, 0.5) is 13.2 Å². The van der Waals surface area contributed by atoms with Gasteiger partial charge in [0.25, 0.3) is 0 Å². The fraction of sp³-hybridized carbons (Fsp3) is 0.600. The van der Waals surface area contributed by atoms with Gasteiger partial charge in [-0.1, -0.05) is 43.9 Å². The number of hydrazine groups is 1. The number of nitrogens with two attached hydrogens (primary N) is 1. The number of nitrogens with one attached hydrogen (secondary N) is 1. The second kappa shape index (κ2) is 6.59. The Kier molecular flexibility index (Phi) is 5.05. The highest BCUT2D eigenvalue weighted by atomic mass is 19.4. The van der Waals surface area contributed by atoms with E-state index in [4.69, 9.17) is 5.84 Å². The second-order valence-electron chi connectivity index (χ2n) is 5.65. The summed E-state index contributed by atoms with van der Waals surface area (Å²) in [6, 6.07) is 5.56. The zero-order valence-electron chi connectivity index (χ0n) is 11.4. The van der Waals surface area contributed by atoms with Gasteiger partial charge >= 0.3 is 6.18 Å². The third-order valence-electron chi connectivity index (χ3n) is 4.06. The molecule has 2 nitrogen and oxygen atoms in total. The molecule has 0 aliphatic heterocycles. The van der Waals surface area contributed by atoms with E-state index in [2.05, 4.69) is 5.43 Å². The summed E-state index contributed by atoms with van der Waals surface area (Å²) in [5, 5.41) is 0. The van der Waals surface area contributed by atoms with E-state index in [1.807, 2.05) is 0 Å². The van der Waals surface area contributed by atoms with Gasteiger partial charge in [0.15, 0.2) is 0 Å². The maximum atomic E-state index is 12.7. The monoisotopic (exact) mass is 286 g/mol. The molecule has 20 heavy (non-hydrogen) atoms. The fourth-order valence-corrected chi connectivity index (χ4v) is 3.02. The molecule has 1 saturated carbocycles. The Morgan fingerprint density at radius 1 is 1.25 bits per heavy atom. The van der Waals surface area contributed by atoms with E-state index in [0.717, 1.165) is 12.5 Å². The lowest BCUT2D eigenvalue weighted by Crippen LogP contribution is -2.38. The molecular formula is C15H21F3N2. The van der Waals surface area contributed by atoms with E-state index in [1.165, 1.54) is 37.8 Å². The zero-order chi connectivity index (χ0) is 14.6. The van der Waals surface area contributed by atoms with Crippen molar-refractivity contribution in [3.63, 3.8) is 0 Å². The van der Waals surface area contributed by atoms with Gasteiger partial charge in [0, 0.05) is 6.04 Å². The Bertz CT molecular complexity index is 425. The summed E-state index contributed by atoms with van der Waals surface area (Å²) in [6.07, 6.45) is 2.12. The van der Waals surface area contributed by atoms with Gasteiger partial charge in [0.1, 0.15) is 0 Å². The molecule has 1 atom stereocenters. The van der Waals surface area contributed by atoms with Crippen LogP contribution in [0.25, 0.3) is 0 Å². The molecule has 0 bridgehead atoms. The van der Waals surface area contributed by atoms with Crippen molar-refractivity contribution in [2.45, 2.75) is 50.7 Å². The SMILES string of the molecule is NNC(Cc1cccc(C(F)(F)F)c1)CC1CCCC1. The third kappa shape index (κ3) is 4.21. The largest absolute Gasteiger partial charge is 0.416 e. The first-order chi connectivity index (χ1) is 9.49. The number of hydrogen-bond donors (Lipinski definition) is 2. The van der Waals surface area contributed by atoms with Crippen LogP contribution in [0.15, 0.2) is 24.3 Å². The lowest BCUT2D eigenvalue weighted by molar-refractivity contribution is -0.137. The molecule has 1 aliphatic carbocycles. The summed E-state index contributed by atoms with van der Waals surface area (Å²) in [7, 11) is 0. The van der Waals surface area contributed by atoms with Crippen LogP contribution in [0.2, 0.25) is 0 Å². The molecule has 0 saturated heterocycles. The fourth-order valence-electron chi connectivity index (χ4n) is 3.02. The minimum Gasteiger partial charge on any atom is -0.271 e. The number of alkyl halides is 3. The molecule has 0 spiro atoms. The van der Waals surface area contributed by atoms with Crippen molar-refractivity contribution >= 4 is 0 Å². The molecule has 3 N–H and O–H groups in total. The van der Waals surface area contributed by atoms with Crippen LogP contribution in [0.1, 0.15) is 43.2 Å². The van der Waals surface area contributed by atoms with Crippen LogP contribution in [0.3, 0.4) is 0 Å². The number of hydrogen-bond acceptors (Lipinski definition) is 2. The normalized spacial score (nSPS) is 18.4. The third-order valence-corrected chi connectivity index (χ3v) is 4.06. The summed E-state index contributed by atoms with van der Waals surface area (Å²) >= 11 is 0.